The van der Waals surface area contributed by atoms with E-state index in [4.69, 9.17) is 9.47 Å². The first-order valence-corrected chi connectivity index (χ1v) is 9.52. The predicted molar refractivity (Wildman–Crippen MR) is 109 cm³/mol. The van der Waals surface area contributed by atoms with E-state index in [1.165, 1.54) is 11.8 Å². The Morgan fingerprint density at radius 2 is 1.85 bits per heavy atom. The number of amides is 1. The van der Waals surface area contributed by atoms with Crippen LogP contribution in [0.15, 0.2) is 64.8 Å². The first-order valence-electron chi connectivity index (χ1n) is 8.64. The minimum absolute atomic E-state index is 0.0250. The highest BCUT2D eigenvalue weighted by Crippen LogP contribution is 2.22. The van der Waals surface area contributed by atoms with Gasteiger partial charge in [-0.25, -0.2) is 0 Å². The molecule has 1 heterocycles. The zero-order valence-corrected chi connectivity index (χ0v) is 16.0. The van der Waals surface area contributed by atoms with E-state index in [1.807, 2.05) is 61.5 Å². The van der Waals surface area contributed by atoms with Gasteiger partial charge in [-0.2, -0.15) is 0 Å². The van der Waals surface area contributed by atoms with Crippen molar-refractivity contribution in [2.75, 3.05) is 13.7 Å². The summed E-state index contributed by atoms with van der Waals surface area (Å²) in [4.78, 5) is 11.8. The molecule has 1 amide bonds. The van der Waals surface area contributed by atoms with Crippen LogP contribution >= 0.6 is 11.8 Å². The maximum atomic E-state index is 11.8. The Balaban J connectivity index is 1.81. The zero-order valence-electron chi connectivity index (χ0n) is 15.2. The molecule has 1 fully saturated rings. The number of amidine groups is 1. The summed E-state index contributed by atoms with van der Waals surface area (Å²) in [5.74, 6) is 1.49. The third kappa shape index (κ3) is 5.10. The Morgan fingerprint density at radius 3 is 2.48 bits per heavy atom. The summed E-state index contributed by atoms with van der Waals surface area (Å²) in [5.41, 5.74) is 1.53. The fourth-order valence-corrected chi connectivity index (χ4v) is 3.30. The highest BCUT2D eigenvalue weighted by molar-refractivity contribution is 8.15. The lowest BCUT2D eigenvalue weighted by Gasteiger charge is -2.09. The number of carbonyl (C=O) groups is 1. The van der Waals surface area contributed by atoms with Crippen molar-refractivity contribution in [2.45, 2.75) is 18.6 Å². The maximum Gasteiger partial charge on any atom is 0.239 e. The molecule has 6 nitrogen and oxygen atoms in total. The van der Waals surface area contributed by atoms with Crippen molar-refractivity contribution in [3.8, 4) is 11.5 Å². The molecule has 0 bridgehead atoms. The quantitative estimate of drug-likeness (QED) is 0.587. The van der Waals surface area contributed by atoms with Crippen LogP contribution in [-0.4, -0.2) is 35.8 Å². The predicted octanol–water partition coefficient (Wildman–Crippen LogP) is 3.48. The molecule has 140 valence electrons. The topological polar surface area (TPSA) is 72.3 Å². The average molecular weight is 383 g/mol. The van der Waals surface area contributed by atoms with Crippen molar-refractivity contribution >= 4 is 28.5 Å². The fourth-order valence-electron chi connectivity index (χ4n) is 2.45. The SMILES string of the molecule is CCC1S/C(=N\N=C(/COc2ccccc2)c2ccc(OC)cc2)NC1=O. The Kier molecular flexibility index (Phi) is 6.49. The molecule has 2 aromatic rings. The van der Waals surface area contributed by atoms with Gasteiger partial charge in [-0.05, 0) is 42.8 Å². The Morgan fingerprint density at radius 1 is 1.11 bits per heavy atom. The van der Waals surface area contributed by atoms with Crippen molar-refractivity contribution < 1.29 is 14.3 Å². The van der Waals surface area contributed by atoms with Crippen molar-refractivity contribution in [3.63, 3.8) is 0 Å². The van der Waals surface area contributed by atoms with Gasteiger partial charge in [0.2, 0.25) is 5.91 Å². The lowest BCUT2D eigenvalue weighted by molar-refractivity contribution is -0.118. The van der Waals surface area contributed by atoms with E-state index in [0.29, 0.717) is 10.9 Å². The van der Waals surface area contributed by atoms with Crippen LogP contribution in [-0.2, 0) is 4.79 Å². The van der Waals surface area contributed by atoms with E-state index in [0.717, 1.165) is 23.5 Å². The van der Waals surface area contributed by atoms with Gasteiger partial charge in [0, 0.05) is 5.56 Å². The fraction of sp³-hybridized carbons (Fsp3) is 0.250. The molecule has 1 N–H and O–H groups in total. The molecule has 1 aliphatic rings. The van der Waals surface area contributed by atoms with Crippen molar-refractivity contribution in [3.05, 3.63) is 60.2 Å². The number of carbonyl (C=O) groups excluding carboxylic acids is 1. The first kappa shape index (κ1) is 19.0. The molecule has 7 heteroatoms. The molecule has 0 saturated carbocycles. The summed E-state index contributed by atoms with van der Waals surface area (Å²) in [5, 5.41) is 11.7. The van der Waals surface area contributed by atoms with Crippen LogP contribution in [0.2, 0.25) is 0 Å². The molecule has 1 atom stereocenters. The molecule has 1 aliphatic heterocycles. The average Bonchev–Trinajstić information content (AvgIpc) is 3.08. The first-order chi connectivity index (χ1) is 13.2. The number of rotatable bonds is 7. The smallest absolute Gasteiger partial charge is 0.239 e. The summed E-state index contributed by atoms with van der Waals surface area (Å²) >= 11 is 1.40. The third-order valence-corrected chi connectivity index (χ3v) is 5.19. The van der Waals surface area contributed by atoms with Gasteiger partial charge in [-0.15, -0.1) is 10.2 Å². The van der Waals surface area contributed by atoms with Gasteiger partial charge in [0.15, 0.2) is 5.17 Å². The Labute approximate surface area is 162 Å². The number of nitrogens with one attached hydrogen (secondary N) is 1. The molecule has 1 unspecified atom stereocenters. The highest BCUT2D eigenvalue weighted by atomic mass is 32.2. The van der Waals surface area contributed by atoms with E-state index < -0.39 is 0 Å². The number of benzene rings is 2. The summed E-state index contributed by atoms with van der Waals surface area (Å²) in [7, 11) is 1.62. The van der Waals surface area contributed by atoms with Crippen LogP contribution in [0.3, 0.4) is 0 Å². The van der Waals surface area contributed by atoms with Gasteiger partial charge < -0.3 is 14.8 Å². The highest BCUT2D eigenvalue weighted by Gasteiger charge is 2.28. The Bertz CT molecular complexity index is 835. The summed E-state index contributed by atoms with van der Waals surface area (Å²) in [6.45, 7) is 2.23. The van der Waals surface area contributed by atoms with Crippen LogP contribution in [0.5, 0.6) is 11.5 Å². The zero-order chi connectivity index (χ0) is 19.1. The molecular weight excluding hydrogens is 362 g/mol. The minimum Gasteiger partial charge on any atom is -0.497 e. The normalized spacial score (nSPS) is 18.4. The number of methoxy groups -OCH3 is 1. The second kappa shape index (κ2) is 9.23. The number of hydrogen-bond donors (Lipinski definition) is 1. The number of hydrogen-bond acceptors (Lipinski definition) is 6. The van der Waals surface area contributed by atoms with Crippen LogP contribution in [0.4, 0.5) is 0 Å². The lowest BCUT2D eigenvalue weighted by Crippen LogP contribution is -2.24. The van der Waals surface area contributed by atoms with E-state index in [-0.39, 0.29) is 17.8 Å². The molecule has 2 aromatic carbocycles. The van der Waals surface area contributed by atoms with E-state index in [9.17, 15) is 4.79 Å². The van der Waals surface area contributed by atoms with E-state index >= 15 is 0 Å². The molecular formula is C20H21N3O3S. The largest absolute Gasteiger partial charge is 0.497 e. The number of nitrogens with zero attached hydrogens (tertiary/aromatic N) is 2. The molecule has 27 heavy (non-hydrogen) atoms. The van der Waals surface area contributed by atoms with Gasteiger partial charge in [0.25, 0.3) is 0 Å². The van der Waals surface area contributed by atoms with Gasteiger partial charge in [0.1, 0.15) is 23.8 Å². The molecule has 3 rings (SSSR count). The van der Waals surface area contributed by atoms with Gasteiger partial charge in [-0.3, -0.25) is 4.79 Å². The summed E-state index contributed by atoms with van der Waals surface area (Å²) in [6.07, 6.45) is 0.752. The second-order valence-corrected chi connectivity index (χ2v) is 6.98. The molecule has 1 saturated heterocycles. The van der Waals surface area contributed by atoms with Crippen LogP contribution in [0, 0.1) is 0 Å². The lowest BCUT2D eigenvalue weighted by atomic mass is 10.1. The van der Waals surface area contributed by atoms with Gasteiger partial charge in [0.05, 0.1) is 12.4 Å². The van der Waals surface area contributed by atoms with Crippen molar-refractivity contribution in [1.82, 2.24) is 5.32 Å². The van der Waals surface area contributed by atoms with Crippen molar-refractivity contribution in [2.24, 2.45) is 10.2 Å². The van der Waals surface area contributed by atoms with Gasteiger partial charge in [-0.1, -0.05) is 36.9 Å². The standard InChI is InChI=1S/C20H21N3O3S/c1-3-18-19(24)21-20(27-18)23-22-17(13-26-16-7-5-4-6-8-16)14-9-11-15(25-2)12-10-14/h4-12,18H,3,13H2,1-2H3,(H,21,23,24)/b22-17+. The van der Waals surface area contributed by atoms with Crippen LogP contribution in [0.1, 0.15) is 18.9 Å². The van der Waals surface area contributed by atoms with Crippen molar-refractivity contribution in [1.29, 1.82) is 0 Å². The maximum absolute atomic E-state index is 11.8. The van der Waals surface area contributed by atoms with Crippen LogP contribution < -0.4 is 14.8 Å². The second-order valence-electron chi connectivity index (χ2n) is 5.79. The summed E-state index contributed by atoms with van der Waals surface area (Å²) < 4.78 is 11.0. The minimum atomic E-state index is -0.107. The summed E-state index contributed by atoms with van der Waals surface area (Å²) in [6, 6.07) is 17.1. The van der Waals surface area contributed by atoms with E-state index in [2.05, 4.69) is 15.5 Å². The van der Waals surface area contributed by atoms with Crippen LogP contribution in [0.25, 0.3) is 0 Å². The molecule has 0 aromatic heterocycles. The Hall–Kier alpha value is -2.80. The number of thioether (sulfide) groups is 1. The van der Waals surface area contributed by atoms with Gasteiger partial charge >= 0.3 is 0 Å². The molecule has 0 radical (unpaired) electrons. The monoisotopic (exact) mass is 383 g/mol. The molecule has 0 aliphatic carbocycles. The van der Waals surface area contributed by atoms with E-state index in [1.54, 1.807) is 7.11 Å². The third-order valence-electron chi connectivity index (χ3n) is 3.95. The molecule has 0 spiro atoms. The number of ether oxygens (including phenoxy) is 2. The number of para-hydroxylation sites is 1.